The largest absolute Gasteiger partial charge is 0.478 e. The fourth-order valence-corrected chi connectivity index (χ4v) is 1.89. The Morgan fingerprint density at radius 1 is 1.20 bits per heavy atom. The molecule has 0 spiro atoms. The van der Waals surface area contributed by atoms with Crippen molar-refractivity contribution in [3.8, 4) is 5.88 Å². The van der Waals surface area contributed by atoms with Crippen LogP contribution in [0, 0.1) is 0 Å². The molecule has 2 aromatic rings. The Labute approximate surface area is 119 Å². The van der Waals surface area contributed by atoms with Crippen LogP contribution in [-0.2, 0) is 5.60 Å². The summed E-state index contributed by atoms with van der Waals surface area (Å²) < 4.78 is 5.29. The molecule has 2 rings (SSSR count). The van der Waals surface area contributed by atoms with E-state index in [1.165, 1.54) is 0 Å². The maximum atomic E-state index is 10.5. The van der Waals surface area contributed by atoms with Gasteiger partial charge in [-0.25, -0.2) is 4.98 Å². The molecule has 0 bridgehead atoms. The Bertz CT molecular complexity index is 524. The van der Waals surface area contributed by atoms with E-state index in [4.69, 9.17) is 4.74 Å². The maximum Gasteiger partial charge on any atom is 0.213 e. The minimum Gasteiger partial charge on any atom is -0.478 e. The lowest BCUT2D eigenvalue weighted by Gasteiger charge is -2.24. The van der Waals surface area contributed by atoms with Gasteiger partial charge in [-0.1, -0.05) is 30.3 Å². The highest BCUT2D eigenvalue weighted by molar-refractivity contribution is 5.43. The summed E-state index contributed by atoms with van der Waals surface area (Å²) in [5, 5.41) is 13.7. The number of nitrogens with zero attached hydrogens (tertiary/aromatic N) is 1. The molecule has 1 aromatic carbocycles. The third kappa shape index (κ3) is 3.71. The van der Waals surface area contributed by atoms with Gasteiger partial charge in [-0.15, -0.1) is 0 Å². The van der Waals surface area contributed by atoms with Crippen molar-refractivity contribution in [1.29, 1.82) is 0 Å². The fourth-order valence-electron chi connectivity index (χ4n) is 1.89. The van der Waals surface area contributed by atoms with Crippen molar-refractivity contribution < 1.29 is 9.84 Å². The number of nitrogens with one attached hydrogen (secondary N) is 1. The summed E-state index contributed by atoms with van der Waals surface area (Å²) in [6, 6.07) is 13.3. The van der Waals surface area contributed by atoms with Crippen molar-refractivity contribution in [2.24, 2.45) is 0 Å². The molecule has 2 N–H and O–H groups in total. The number of rotatable bonds is 6. The first kappa shape index (κ1) is 14.3. The second kappa shape index (κ2) is 6.39. The standard InChI is InChI=1S/C16H20N2O2/c1-3-20-15-10-9-14(11-17-15)18-12-16(2,19)13-7-5-4-6-8-13/h4-11,18-19H,3,12H2,1-2H3. The summed E-state index contributed by atoms with van der Waals surface area (Å²) in [5.41, 5.74) is 0.802. The van der Waals surface area contributed by atoms with Gasteiger partial charge in [0.25, 0.3) is 0 Å². The molecule has 0 radical (unpaired) electrons. The number of hydrogen-bond acceptors (Lipinski definition) is 4. The van der Waals surface area contributed by atoms with Gasteiger partial charge in [-0.3, -0.25) is 0 Å². The summed E-state index contributed by atoms with van der Waals surface area (Å²) in [6.45, 7) is 4.72. The number of ether oxygens (including phenoxy) is 1. The Morgan fingerprint density at radius 2 is 1.95 bits per heavy atom. The van der Waals surface area contributed by atoms with Crippen LogP contribution in [0.25, 0.3) is 0 Å². The topological polar surface area (TPSA) is 54.4 Å². The molecule has 1 atom stereocenters. The molecule has 1 aromatic heterocycles. The predicted octanol–water partition coefficient (Wildman–Crippen LogP) is 2.80. The van der Waals surface area contributed by atoms with Crippen molar-refractivity contribution in [1.82, 2.24) is 4.98 Å². The van der Waals surface area contributed by atoms with Crippen LogP contribution in [0.15, 0.2) is 48.7 Å². The Morgan fingerprint density at radius 3 is 2.55 bits per heavy atom. The third-order valence-corrected chi connectivity index (χ3v) is 3.06. The normalized spacial score (nSPS) is 13.6. The van der Waals surface area contributed by atoms with Gasteiger partial charge in [-0.2, -0.15) is 0 Å². The van der Waals surface area contributed by atoms with E-state index in [0.29, 0.717) is 19.0 Å². The highest BCUT2D eigenvalue weighted by Crippen LogP contribution is 2.21. The first-order chi connectivity index (χ1) is 9.62. The molecule has 0 aliphatic carbocycles. The smallest absolute Gasteiger partial charge is 0.213 e. The van der Waals surface area contributed by atoms with Crippen LogP contribution >= 0.6 is 0 Å². The summed E-state index contributed by atoms with van der Waals surface area (Å²) in [6.07, 6.45) is 1.70. The lowest BCUT2D eigenvalue weighted by atomic mass is 9.96. The molecule has 0 fully saturated rings. The summed E-state index contributed by atoms with van der Waals surface area (Å²) in [5.74, 6) is 0.605. The summed E-state index contributed by atoms with van der Waals surface area (Å²) in [4.78, 5) is 4.18. The van der Waals surface area contributed by atoms with Crippen LogP contribution in [0.5, 0.6) is 5.88 Å². The predicted molar refractivity (Wildman–Crippen MR) is 79.9 cm³/mol. The monoisotopic (exact) mass is 272 g/mol. The van der Waals surface area contributed by atoms with Gasteiger partial charge in [-0.05, 0) is 25.5 Å². The molecule has 0 aliphatic heterocycles. The molecule has 4 heteroatoms. The van der Waals surface area contributed by atoms with Crippen LogP contribution < -0.4 is 10.1 Å². The first-order valence-electron chi connectivity index (χ1n) is 6.72. The average Bonchev–Trinajstić information content (AvgIpc) is 2.48. The van der Waals surface area contributed by atoms with Gasteiger partial charge in [0, 0.05) is 12.6 Å². The number of anilines is 1. The fraction of sp³-hybridized carbons (Fsp3) is 0.312. The molecule has 106 valence electrons. The van der Waals surface area contributed by atoms with Crippen molar-refractivity contribution >= 4 is 5.69 Å². The summed E-state index contributed by atoms with van der Waals surface area (Å²) >= 11 is 0. The number of aromatic nitrogens is 1. The van der Waals surface area contributed by atoms with Crippen molar-refractivity contribution in [2.75, 3.05) is 18.5 Å². The number of pyridine rings is 1. The molecule has 1 heterocycles. The van der Waals surface area contributed by atoms with Crippen LogP contribution in [0.2, 0.25) is 0 Å². The van der Waals surface area contributed by atoms with Gasteiger partial charge in [0.15, 0.2) is 0 Å². The Hall–Kier alpha value is -2.07. The minimum absolute atomic E-state index is 0.409. The van der Waals surface area contributed by atoms with E-state index in [2.05, 4.69) is 10.3 Å². The zero-order valence-electron chi connectivity index (χ0n) is 11.8. The average molecular weight is 272 g/mol. The van der Waals surface area contributed by atoms with E-state index in [9.17, 15) is 5.11 Å². The Balaban J connectivity index is 1.97. The van der Waals surface area contributed by atoms with Gasteiger partial charge in [0.05, 0.1) is 18.5 Å². The zero-order chi connectivity index (χ0) is 14.4. The number of hydrogen-bond donors (Lipinski definition) is 2. The molecule has 20 heavy (non-hydrogen) atoms. The molecule has 4 nitrogen and oxygen atoms in total. The van der Waals surface area contributed by atoms with Crippen molar-refractivity contribution in [3.05, 3.63) is 54.2 Å². The molecule has 1 unspecified atom stereocenters. The Kier molecular flexibility index (Phi) is 4.58. The second-order valence-electron chi connectivity index (χ2n) is 4.81. The number of aliphatic hydroxyl groups is 1. The van der Waals surface area contributed by atoms with Gasteiger partial charge in [0.1, 0.15) is 5.60 Å². The van der Waals surface area contributed by atoms with Crippen LogP contribution in [0.3, 0.4) is 0 Å². The van der Waals surface area contributed by atoms with E-state index in [0.717, 1.165) is 11.3 Å². The highest BCUT2D eigenvalue weighted by atomic mass is 16.5. The number of benzene rings is 1. The van der Waals surface area contributed by atoms with Crippen LogP contribution in [0.1, 0.15) is 19.4 Å². The van der Waals surface area contributed by atoms with E-state index < -0.39 is 5.60 Å². The van der Waals surface area contributed by atoms with E-state index in [1.54, 1.807) is 13.1 Å². The van der Waals surface area contributed by atoms with E-state index in [1.807, 2.05) is 49.4 Å². The van der Waals surface area contributed by atoms with Crippen LogP contribution in [-0.4, -0.2) is 23.2 Å². The SMILES string of the molecule is CCOc1ccc(NCC(C)(O)c2ccccc2)cn1. The highest BCUT2D eigenvalue weighted by Gasteiger charge is 2.22. The quantitative estimate of drug-likeness (QED) is 0.849. The zero-order valence-corrected chi connectivity index (χ0v) is 11.8. The van der Waals surface area contributed by atoms with Crippen molar-refractivity contribution in [2.45, 2.75) is 19.4 Å². The maximum absolute atomic E-state index is 10.5. The lowest BCUT2D eigenvalue weighted by Crippen LogP contribution is -2.30. The van der Waals surface area contributed by atoms with Gasteiger partial charge < -0.3 is 15.2 Å². The second-order valence-corrected chi connectivity index (χ2v) is 4.81. The van der Waals surface area contributed by atoms with Crippen LogP contribution in [0.4, 0.5) is 5.69 Å². The van der Waals surface area contributed by atoms with Crippen molar-refractivity contribution in [3.63, 3.8) is 0 Å². The third-order valence-electron chi connectivity index (χ3n) is 3.06. The minimum atomic E-state index is -0.931. The van der Waals surface area contributed by atoms with Gasteiger partial charge in [0.2, 0.25) is 5.88 Å². The summed E-state index contributed by atoms with van der Waals surface area (Å²) in [7, 11) is 0. The first-order valence-corrected chi connectivity index (χ1v) is 6.72. The molecular formula is C16H20N2O2. The molecule has 0 saturated carbocycles. The van der Waals surface area contributed by atoms with E-state index >= 15 is 0 Å². The lowest BCUT2D eigenvalue weighted by molar-refractivity contribution is 0.0715. The van der Waals surface area contributed by atoms with Gasteiger partial charge >= 0.3 is 0 Å². The molecule has 0 amide bonds. The molecule has 0 aliphatic rings. The van der Waals surface area contributed by atoms with E-state index in [-0.39, 0.29) is 0 Å². The molecular weight excluding hydrogens is 252 g/mol. The molecule has 0 saturated heterocycles.